The third kappa shape index (κ3) is 4.65. The van der Waals surface area contributed by atoms with Crippen LogP contribution in [0.25, 0.3) is 0 Å². The fourth-order valence-electron chi connectivity index (χ4n) is 2.03. The van der Waals surface area contributed by atoms with Gasteiger partial charge in [-0.1, -0.05) is 0 Å². The van der Waals surface area contributed by atoms with Gasteiger partial charge in [0.15, 0.2) is 18.5 Å². The van der Waals surface area contributed by atoms with E-state index in [1.54, 1.807) is 0 Å². The average Bonchev–Trinajstić information content (AvgIpc) is 2.81. The molecule has 0 spiro atoms. The summed E-state index contributed by atoms with van der Waals surface area (Å²) in [5.41, 5.74) is -2.36. The molecule has 0 aliphatic carbocycles. The Balaban J connectivity index is 2.44. The number of hydrogen-bond donors (Lipinski definition) is 0. The van der Waals surface area contributed by atoms with Gasteiger partial charge in [-0.2, -0.15) is 36.2 Å². The molecular weight excluding hydrogens is 392 g/mol. The summed E-state index contributed by atoms with van der Waals surface area (Å²) in [6.45, 7) is -1.85. The van der Waals surface area contributed by atoms with E-state index in [1.807, 2.05) is 0 Å². The second-order valence-electron chi connectivity index (χ2n) is 5.01. The van der Waals surface area contributed by atoms with Crippen molar-refractivity contribution in [3.05, 3.63) is 40.9 Å². The normalized spacial score (nSPS) is 13.7. The molecule has 13 heteroatoms. The summed E-state index contributed by atoms with van der Waals surface area (Å²) in [5, 5.41) is 14.4. The fraction of sp³-hybridized carbons (Fsp3) is 0.385. The van der Waals surface area contributed by atoms with Crippen LogP contribution in [0.3, 0.4) is 0 Å². The summed E-state index contributed by atoms with van der Waals surface area (Å²) >= 11 is 0. The predicted octanol–water partition coefficient (Wildman–Crippen LogP) is 2.32. The van der Waals surface area contributed by atoms with Crippen LogP contribution in [0, 0.1) is 5.21 Å². The number of nitrogens with zero attached hydrogens (tertiary/aromatic N) is 3. The third-order valence-electron chi connectivity index (χ3n) is 3.03. The number of halogens is 6. The van der Waals surface area contributed by atoms with Gasteiger partial charge in [0.05, 0.1) is 11.3 Å². The Bertz CT molecular complexity index is 818. The van der Waals surface area contributed by atoms with Gasteiger partial charge >= 0.3 is 12.4 Å². The molecule has 0 aliphatic heterocycles. The Morgan fingerprint density at radius 1 is 1.27 bits per heavy atom. The van der Waals surface area contributed by atoms with Gasteiger partial charge in [-0.3, -0.25) is 0 Å². The molecule has 2 heterocycles. The highest BCUT2D eigenvalue weighted by Gasteiger charge is 2.41. The lowest BCUT2D eigenvalue weighted by Crippen LogP contribution is -2.31. The average molecular weight is 403 g/mol. The van der Waals surface area contributed by atoms with E-state index in [4.69, 9.17) is 0 Å². The van der Waals surface area contributed by atoms with Crippen LogP contribution in [-0.4, -0.2) is 26.8 Å². The van der Waals surface area contributed by atoms with Gasteiger partial charge in [-0.05, 0) is 6.07 Å². The van der Waals surface area contributed by atoms with Crippen LogP contribution in [0.5, 0.6) is 5.88 Å². The van der Waals surface area contributed by atoms with E-state index in [1.165, 1.54) is 12.1 Å². The topological polar surface area (TPSA) is 71.1 Å². The van der Waals surface area contributed by atoms with E-state index in [-0.39, 0.29) is 9.76 Å². The van der Waals surface area contributed by atoms with Crippen molar-refractivity contribution >= 4 is 10.8 Å². The first-order chi connectivity index (χ1) is 11.9. The zero-order chi connectivity index (χ0) is 19.7. The van der Waals surface area contributed by atoms with E-state index in [0.29, 0.717) is 4.68 Å². The molecule has 1 unspecified atom stereocenters. The van der Waals surface area contributed by atoms with E-state index >= 15 is 0 Å². The second-order valence-corrected chi connectivity index (χ2v) is 6.41. The minimum Gasteiger partial charge on any atom is -0.618 e. The number of pyridine rings is 1. The molecule has 0 N–H and O–H groups in total. The molecule has 0 bridgehead atoms. The summed E-state index contributed by atoms with van der Waals surface area (Å²) in [5.74, 6) is -1.72. The molecule has 0 amide bonds. The van der Waals surface area contributed by atoms with Crippen LogP contribution in [0.2, 0.25) is 0 Å². The summed E-state index contributed by atoms with van der Waals surface area (Å²) < 4.78 is 93.8. The number of hydrogen-bond acceptors (Lipinski definition) is 4. The Morgan fingerprint density at radius 2 is 1.92 bits per heavy atom. The van der Waals surface area contributed by atoms with Gasteiger partial charge in [-0.15, -0.1) is 0 Å². The summed E-state index contributed by atoms with van der Waals surface area (Å²) in [6, 6.07) is 3.79. The summed E-state index contributed by atoms with van der Waals surface area (Å²) in [6.07, 6.45) is -8.82. The summed E-state index contributed by atoms with van der Waals surface area (Å²) in [7, 11) is -1.31. The Kier molecular flexibility index (Phi) is 5.49. The smallest absolute Gasteiger partial charge is 0.435 e. The molecule has 1 atom stereocenters. The van der Waals surface area contributed by atoms with E-state index < -0.39 is 52.6 Å². The zero-order valence-electron chi connectivity index (χ0n) is 13.0. The Hall–Kier alpha value is -2.31. The standard InChI is InChI=1S/C13H11F6N3O3S/c1-21-11(25-7-12(14,15)16)8(10(20-21)13(17,18)19)6-26(24)9-4-2-3-5-22(9)23/h2-5H,6-7H2,1H3. The van der Waals surface area contributed by atoms with Gasteiger partial charge in [0, 0.05) is 19.2 Å². The Labute approximate surface area is 145 Å². The van der Waals surface area contributed by atoms with Crippen LogP contribution < -0.4 is 9.47 Å². The third-order valence-corrected chi connectivity index (χ3v) is 4.36. The second kappa shape index (κ2) is 7.13. The SMILES string of the molecule is Cn1nc(C(F)(F)F)c(CS(=O)c2cccc[n+]2[O-])c1OCC(F)(F)F. The minimum atomic E-state index is -5.01. The molecule has 2 aromatic heterocycles. The monoisotopic (exact) mass is 403 g/mol. The van der Waals surface area contributed by atoms with Gasteiger partial charge in [0.2, 0.25) is 5.88 Å². The van der Waals surface area contributed by atoms with Crippen molar-refractivity contribution in [1.82, 2.24) is 9.78 Å². The molecular formula is C13H11F6N3O3S. The lowest BCUT2D eigenvalue weighted by molar-refractivity contribution is -0.646. The van der Waals surface area contributed by atoms with Gasteiger partial charge in [0.1, 0.15) is 10.8 Å². The van der Waals surface area contributed by atoms with Crippen molar-refractivity contribution in [3.8, 4) is 5.88 Å². The van der Waals surface area contributed by atoms with Crippen molar-refractivity contribution < 1.29 is 40.0 Å². The van der Waals surface area contributed by atoms with Gasteiger partial charge in [0.25, 0.3) is 5.03 Å². The minimum absolute atomic E-state index is 0.190. The van der Waals surface area contributed by atoms with Crippen molar-refractivity contribution in [2.75, 3.05) is 6.61 Å². The van der Waals surface area contributed by atoms with Gasteiger partial charge < -0.3 is 9.94 Å². The molecule has 6 nitrogen and oxygen atoms in total. The fourth-order valence-corrected chi connectivity index (χ4v) is 3.20. The van der Waals surface area contributed by atoms with Crippen LogP contribution in [-0.2, 0) is 29.8 Å². The van der Waals surface area contributed by atoms with E-state index in [2.05, 4.69) is 9.84 Å². The van der Waals surface area contributed by atoms with Gasteiger partial charge in [-0.25, -0.2) is 8.89 Å². The first kappa shape index (κ1) is 20.0. The van der Waals surface area contributed by atoms with Crippen LogP contribution in [0.1, 0.15) is 11.3 Å². The molecule has 26 heavy (non-hydrogen) atoms. The molecule has 0 aliphatic rings. The number of rotatable bonds is 5. The quantitative estimate of drug-likeness (QED) is 0.437. The maximum absolute atomic E-state index is 13.1. The maximum Gasteiger partial charge on any atom is 0.435 e. The lowest BCUT2D eigenvalue weighted by atomic mass is 10.2. The maximum atomic E-state index is 13.1. The van der Waals surface area contributed by atoms with Crippen LogP contribution in [0.15, 0.2) is 29.4 Å². The first-order valence-corrected chi connectivity index (χ1v) is 8.11. The molecule has 0 fully saturated rings. The zero-order valence-corrected chi connectivity index (χ0v) is 13.8. The Morgan fingerprint density at radius 3 is 2.46 bits per heavy atom. The molecule has 0 aromatic carbocycles. The number of aromatic nitrogens is 3. The number of alkyl halides is 6. The molecule has 2 rings (SSSR count). The van der Waals surface area contributed by atoms with Crippen molar-refractivity contribution in [2.24, 2.45) is 7.05 Å². The molecule has 144 valence electrons. The molecule has 0 saturated heterocycles. The van der Waals surface area contributed by atoms with Crippen LogP contribution >= 0.6 is 0 Å². The molecule has 2 aromatic rings. The largest absolute Gasteiger partial charge is 0.618 e. The van der Waals surface area contributed by atoms with Crippen molar-refractivity contribution in [2.45, 2.75) is 23.1 Å². The lowest BCUT2D eigenvalue weighted by Gasteiger charge is -2.12. The highest BCUT2D eigenvalue weighted by Crippen LogP contribution is 2.37. The van der Waals surface area contributed by atoms with Crippen molar-refractivity contribution in [3.63, 3.8) is 0 Å². The molecule has 0 radical (unpaired) electrons. The van der Waals surface area contributed by atoms with E-state index in [0.717, 1.165) is 19.3 Å². The van der Waals surface area contributed by atoms with E-state index in [9.17, 15) is 35.8 Å². The predicted molar refractivity (Wildman–Crippen MR) is 75.3 cm³/mol. The van der Waals surface area contributed by atoms with Crippen LogP contribution in [0.4, 0.5) is 26.3 Å². The molecule has 0 saturated carbocycles. The number of ether oxygens (including phenoxy) is 1. The van der Waals surface area contributed by atoms with Crippen molar-refractivity contribution in [1.29, 1.82) is 0 Å². The number of aryl methyl sites for hydroxylation is 1. The summed E-state index contributed by atoms with van der Waals surface area (Å²) in [4.78, 5) is 0. The highest BCUT2D eigenvalue weighted by molar-refractivity contribution is 7.84. The first-order valence-electron chi connectivity index (χ1n) is 6.79. The highest BCUT2D eigenvalue weighted by atomic mass is 32.2.